The highest BCUT2D eigenvalue weighted by Crippen LogP contribution is 2.21. The highest BCUT2D eigenvalue weighted by molar-refractivity contribution is 5.30. The van der Waals surface area contributed by atoms with Crippen molar-refractivity contribution >= 4 is 0 Å². The molecule has 0 aliphatic rings. The maximum Gasteiger partial charge on any atom is 0.265 e. The average Bonchev–Trinajstić information content (AvgIpc) is 2.04. The molecule has 0 bridgehead atoms. The van der Waals surface area contributed by atoms with E-state index in [4.69, 9.17) is 5.11 Å². The zero-order chi connectivity index (χ0) is 10.0. The number of aromatic nitrogens is 1. The van der Waals surface area contributed by atoms with E-state index >= 15 is 0 Å². The van der Waals surface area contributed by atoms with Gasteiger partial charge in [0.25, 0.3) is 12.0 Å². The zero-order valence-corrected chi connectivity index (χ0v) is 6.97. The van der Waals surface area contributed by atoms with Crippen molar-refractivity contribution in [3.63, 3.8) is 0 Å². The van der Waals surface area contributed by atoms with E-state index in [0.29, 0.717) is 0 Å². The number of H-pyrrole nitrogens is 1. The molecule has 72 valence electrons. The molecule has 1 rings (SSSR count). The van der Waals surface area contributed by atoms with Gasteiger partial charge in [-0.25, -0.2) is 8.78 Å². The van der Waals surface area contributed by atoms with Gasteiger partial charge in [0.05, 0.1) is 6.61 Å². The molecule has 0 saturated carbocycles. The quantitative estimate of drug-likeness (QED) is 0.732. The van der Waals surface area contributed by atoms with E-state index in [1.54, 1.807) is 0 Å². The lowest BCUT2D eigenvalue weighted by Gasteiger charge is -2.06. The fourth-order valence-corrected chi connectivity index (χ4v) is 1.10. The summed E-state index contributed by atoms with van der Waals surface area (Å²) in [6.07, 6.45) is -1.66. The van der Waals surface area contributed by atoms with Crippen LogP contribution in [0.2, 0.25) is 0 Å². The van der Waals surface area contributed by atoms with Gasteiger partial charge in [-0.1, -0.05) is 0 Å². The van der Waals surface area contributed by atoms with Crippen LogP contribution in [-0.4, -0.2) is 10.1 Å². The number of aliphatic hydroxyl groups excluding tert-OH is 1. The second-order valence-electron chi connectivity index (χ2n) is 2.64. The van der Waals surface area contributed by atoms with Crippen LogP contribution in [0.3, 0.4) is 0 Å². The van der Waals surface area contributed by atoms with Crippen molar-refractivity contribution in [2.24, 2.45) is 0 Å². The second-order valence-corrected chi connectivity index (χ2v) is 2.64. The number of pyridine rings is 1. The first-order valence-electron chi connectivity index (χ1n) is 3.68. The van der Waals surface area contributed by atoms with Crippen molar-refractivity contribution in [3.8, 4) is 0 Å². The number of nitrogens with one attached hydrogen (secondary N) is 1. The van der Waals surface area contributed by atoms with Crippen molar-refractivity contribution in [1.82, 2.24) is 4.98 Å². The molecule has 0 saturated heterocycles. The monoisotopic (exact) mass is 189 g/mol. The van der Waals surface area contributed by atoms with Crippen LogP contribution in [0.5, 0.6) is 0 Å². The van der Waals surface area contributed by atoms with Crippen LogP contribution in [0.15, 0.2) is 11.0 Å². The van der Waals surface area contributed by atoms with Gasteiger partial charge < -0.3 is 10.1 Å². The average molecular weight is 189 g/mol. The van der Waals surface area contributed by atoms with Gasteiger partial charge >= 0.3 is 0 Å². The van der Waals surface area contributed by atoms with Crippen LogP contribution in [0.25, 0.3) is 0 Å². The first-order valence-corrected chi connectivity index (χ1v) is 3.68. The number of hydrogen-bond acceptors (Lipinski definition) is 2. The largest absolute Gasteiger partial charge is 0.391 e. The molecule has 3 nitrogen and oxygen atoms in total. The molecule has 0 radical (unpaired) electrons. The molecule has 1 aromatic heterocycles. The normalized spacial score (nSPS) is 10.8. The first kappa shape index (κ1) is 9.85. The summed E-state index contributed by atoms with van der Waals surface area (Å²) in [5.41, 5.74) is -0.618. The molecule has 0 fully saturated rings. The first-order chi connectivity index (χ1) is 6.07. The molecular formula is C8H9F2NO2. The minimum absolute atomic E-state index is 0.00204. The Morgan fingerprint density at radius 2 is 2.23 bits per heavy atom. The van der Waals surface area contributed by atoms with Crippen molar-refractivity contribution in [2.75, 3.05) is 0 Å². The molecule has 0 spiro atoms. The Morgan fingerprint density at radius 3 is 2.69 bits per heavy atom. The molecule has 0 aromatic carbocycles. The molecule has 13 heavy (non-hydrogen) atoms. The topological polar surface area (TPSA) is 53.1 Å². The van der Waals surface area contributed by atoms with Gasteiger partial charge in [0.15, 0.2) is 0 Å². The zero-order valence-electron chi connectivity index (χ0n) is 6.97. The molecule has 1 heterocycles. The Hall–Kier alpha value is -1.23. The van der Waals surface area contributed by atoms with Crippen LogP contribution in [0, 0.1) is 6.92 Å². The third kappa shape index (κ3) is 1.75. The van der Waals surface area contributed by atoms with Crippen LogP contribution in [0.1, 0.15) is 23.1 Å². The molecule has 0 unspecified atom stereocenters. The minimum Gasteiger partial charge on any atom is -0.391 e. The lowest BCUT2D eigenvalue weighted by atomic mass is 10.1. The second kappa shape index (κ2) is 3.66. The van der Waals surface area contributed by atoms with Gasteiger partial charge in [0, 0.05) is 17.3 Å². The summed E-state index contributed by atoms with van der Waals surface area (Å²) in [5, 5.41) is 8.74. The van der Waals surface area contributed by atoms with Gasteiger partial charge in [-0.2, -0.15) is 0 Å². The lowest BCUT2D eigenvalue weighted by Crippen LogP contribution is -2.15. The van der Waals surface area contributed by atoms with Crippen molar-refractivity contribution in [3.05, 3.63) is 33.2 Å². The summed E-state index contributed by atoms with van der Waals surface area (Å²) in [7, 11) is 0. The van der Waals surface area contributed by atoms with E-state index in [1.807, 2.05) is 0 Å². The number of hydrogen-bond donors (Lipinski definition) is 2. The van der Waals surface area contributed by atoms with Crippen LogP contribution < -0.4 is 5.56 Å². The smallest absolute Gasteiger partial charge is 0.265 e. The third-order valence-electron chi connectivity index (χ3n) is 1.91. The van der Waals surface area contributed by atoms with Gasteiger partial charge in [0.1, 0.15) is 0 Å². The summed E-state index contributed by atoms with van der Waals surface area (Å²) in [4.78, 5) is 13.1. The summed E-state index contributed by atoms with van der Waals surface area (Å²) in [6.45, 7) is 0.865. The Morgan fingerprint density at radius 1 is 1.62 bits per heavy atom. The van der Waals surface area contributed by atoms with E-state index in [9.17, 15) is 13.6 Å². The fourth-order valence-electron chi connectivity index (χ4n) is 1.10. The maximum atomic E-state index is 12.3. The van der Waals surface area contributed by atoms with E-state index in [0.717, 1.165) is 6.20 Å². The SMILES string of the molecule is Cc1c(C(F)F)c[nH]c(=O)c1CO. The molecule has 0 atom stereocenters. The highest BCUT2D eigenvalue weighted by atomic mass is 19.3. The van der Waals surface area contributed by atoms with Crippen LogP contribution in [-0.2, 0) is 6.61 Å². The van der Waals surface area contributed by atoms with Gasteiger partial charge in [-0.15, -0.1) is 0 Å². The maximum absolute atomic E-state index is 12.3. The predicted molar refractivity (Wildman–Crippen MR) is 42.7 cm³/mol. The number of aliphatic hydroxyl groups is 1. The Labute approximate surface area is 73.0 Å². The summed E-state index contributed by atoms with van der Waals surface area (Å²) >= 11 is 0. The van der Waals surface area contributed by atoms with E-state index < -0.39 is 18.6 Å². The molecule has 2 N–H and O–H groups in total. The molecular weight excluding hydrogens is 180 g/mol. The Bertz CT molecular complexity index is 360. The van der Waals surface area contributed by atoms with Gasteiger partial charge in [0.2, 0.25) is 0 Å². The fraction of sp³-hybridized carbons (Fsp3) is 0.375. The number of rotatable bonds is 2. The molecule has 0 aliphatic heterocycles. The lowest BCUT2D eigenvalue weighted by molar-refractivity contribution is 0.149. The minimum atomic E-state index is -2.64. The summed E-state index contributed by atoms with van der Waals surface area (Å²) < 4.78 is 24.5. The molecule has 0 aliphatic carbocycles. The van der Waals surface area contributed by atoms with E-state index in [-0.39, 0.29) is 16.7 Å². The Kier molecular flexibility index (Phi) is 2.77. The number of alkyl halides is 2. The van der Waals surface area contributed by atoms with E-state index in [2.05, 4.69) is 4.98 Å². The van der Waals surface area contributed by atoms with E-state index in [1.165, 1.54) is 6.92 Å². The Balaban J connectivity index is 3.36. The number of aromatic amines is 1. The van der Waals surface area contributed by atoms with Crippen molar-refractivity contribution in [1.29, 1.82) is 0 Å². The highest BCUT2D eigenvalue weighted by Gasteiger charge is 2.14. The van der Waals surface area contributed by atoms with Gasteiger partial charge in [-0.05, 0) is 12.5 Å². The van der Waals surface area contributed by atoms with Crippen LogP contribution >= 0.6 is 0 Å². The van der Waals surface area contributed by atoms with Crippen molar-refractivity contribution < 1.29 is 13.9 Å². The third-order valence-corrected chi connectivity index (χ3v) is 1.91. The summed E-state index contributed by atoms with van der Waals surface area (Å²) in [6, 6.07) is 0. The standard InChI is InChI=1S/C8H9F2NO2/c1-4-5(7(9)10)2-11-8(13)6(4)3-12/h2,7,12H,3H2,1H3,(H,11,13). The van der Waals surface area contributed by atoms with Crippen molar-refractivity contribution in [2.45, 2.75) is 20.0 Å². The molecule has 1 aromatic rings. The number of halogens is 2. The molecule has 0 amide bonds. The predicted octanol–water partition coefficient (Wildman–Crippen LogP) is 1.11. The molecule has 5 heteroatoms. The summed E-state index contributed by atoms with van der Waals surface area (Å²) in [5.74, 6) is 0. The van der Waals surface area contributed by atoms with Crippen LogP contribution in [0.4, 0.5) is 8.78 Å². The van der Waals surface area contributed by atoms with Gasteiger partial charge in [-0.3, -0.25) is 4.79 Å².